The van der Waals surface area contributed by atoms with Gasteiger partial charge in [0.25, 0.3) is 0 Å². The van der Waals surface area contributed by atoms with Gasteiger partial charge in [-0.1, -0.05) is 30.9 Å². The molecule has 0 N–H and O–H groups in total. The first-order valence-corrected chi connectivity index (χ1v) is 6.07. The average Bonchev–Trinajstić information content (AvgIpc) is 2.14. The number of methoxy groups -OCH3 is 1. The van der Waals surface area contributed by atoms with E-state index >= 15 is 0 Å². The highest BCUT2D eigenvalue weighted by Crippen LogP contribution is 2.23. The number of rotatable bonds is 5. The molecule has 0 rings (SSSR count). The van der Waals surface area contributed by atoms with Crippen molar-refractivity contribution in [1.29, 1.82) is 0 Å². The fourth-order valence-electron chi connectivity index (χ4n) is 1.08. The Morgan fingerprint density at radius 3 is 2.31 bits per heavy atom. The van der Waals surface area contributed by atoms with Crippen molar-refractivity contribution in [3.63, 3.8) is 0 Å². The topological polar surface area (TPSA) is 52.6 Å². The van der Waals surface area contributed by atoms with E-state index in [4.69, 9.17) is 17.0 Å². The van der Waals surface area contributed by atoms with Crippen molar-refractivity contribution in [2.45, 2.75) is 32.6 Å². The van der Waals surface area contributed by atoms with Crippen molar-refractivity contribution < 1.29 is 19.1 Å². The van der Waals surface area contributed by atoms with Gasteiger partial charge in [-0.15, -0.1) is 0 Å². The van der Waals surface area contributed by atoms with Gasteiger partial charge in [0.2, 0.25) is 0 Å². The van der Waals surface area contributed by atoms with E-state index in [1.54, 1.807) is 13.8 Å². The van der Waals surface area contributed by atoms with Crippen LogP contribution in [-0.4, -0.2) is 28.7 Å². The van der Waals surface area contributed by atoms with E-state index in [9.17, 15) is 9.59 Å². The second-order valence-electron chi connectivity index (χ2n) is 3.31. The first kappa shape index (κ1) is 15.4. The monoisotopic (exact) mass is 264 g/mol. The predicted octanol–water partition coefficient (Wildman–Crippen LogP) is 2.16. The summed E-state index contributed by atoms with van der Waals surface area (Å²) >= 11 is 6.19. The molecule has 0 saturated carbocycles. The summed E-state index contributed by atoms with van der Waals surface area (Å²) in [5.74, 6) is -1.03. The zero-order valence-electron chi connectivity index (χ0n) is 9.81. The van der Waals surface area contributed by atoms with Gasteiger partial charge in [0.15, 0.2) is 5.44 Å². The summed E-state index contributed by atoms with van der Waals surface area (Å²) in [6.07, 6.45) is 0.394. The molecule has 0 aliphatic rings. The second kappa shape index (κ2) is 7.62. The van der Waals surface area contributed by atoms with Crippen LogP contribution in [0, 0.1) is 5.92 Å². The number of carbonyl (C=O) groups excluding carboxylic acids is 2. The highest BCUT2D eigenvalue weighted by atomic mass is 32.2. The summed E-state index contributed by atoms with van der Waals surface area (Å²) in [5.41, 5.74) is -0.427. The van der Waals surface area contributed by atoms with Crippen molar-refractivity contribution in [3.8, 4) is 0 Å². The number of thiocarbonyl (C=S) groups is 1. The lowest BCUT2D eigenvalue weighted by molar-refractivity contribution is -0.149. The zero-order valence-corrected chi connectivity index (χ0v) is 11.4. The maximum absolute atomic E-state index is 11.2. The molecule has 16 heavy (non-hydrogen) atoms. The number of hydrogen-bond acceptors (Lipinski definition) is 6. The minimum absolute atomic E-state index is 0.320. The van der Waals surface area contributed by atoms with Crippen LogP contribution in [0.25, 0.3) is 0 Å². The summed E-state index contributed by atoms with van der Waals surface area (Å²) < 4.78 is 10.3. The van der Waals surface area contributed by atoms with Crippen LogP contribution < -0.4 is 0 Å². The van der Waals surface area contributed by atoms with Gasteiger partial charge in [0.1, 0.15) is 0 Å². The smallest absolute Gasteiger partial charge is 0.308 e. The van der Waals surface area contributed by atoms with Crippen LogP contribution in [0.1, 0.15) is 27.2 Å². The molecule has 4 nitrogen and oxygen atoms in total. The molecule has 0 aromatic rings. The standard InChI is InChI=1S/C10H16O4S2/c1-6(10(12)13-4)5-9(14-7(2)11)16-8(3)15/h6,9H,5H2,1-4H3. The Morgan fingerprint density at radius 1 is 1.38 bits per heavy atom. The van der Waals surface area contributed by atoms with E-state index in [1.807, 2.05) is 0 Å². The number of hydrogen-bond donors (Lipinski definition) is 0. The number of ether oxygens (including phenoxy) is 2. The molecule has 0 spiro atoms. The van der Waals surface area contributed by atoms with Crippen molar-refractivity contribution >= 4 is 40.1 Å². The van der Waals surface area contributed by atoms with Gasteiger partial charge in [0, 0.05) is 17.5 Å². The average molecular weight is 264 g/mol. The van der Waals surface area contributed by atoms with E-state index in [1.165, 1.54) is 25.8 Å². The largest absolute Gasteiger partial charge is 0.469 e. The highest BCUT2D eigenvalue weighted by Gasteiger charge is 2.22. The molecule has 0 amide bonds. The van der Waals surface area contributed by atoms with Gasteiger partial charge in [-0.3, -0.25) is 9.59 Å². The van der Waals surface area contributed by atoms with Crippen molar-refractivity contribution in [3.05, 3.63) is 0 Å². The van der Waals surface area contributed by atoms with Crippen LogP contribution in [0.5, 0.6) is 0 Å². The summed E-state index contributed by atoms with van der Waals surface area (Å²) in [7, 11) is 1.33. The Bertz CT molecular complexity index is 262. The lowest BCUT2D eigenvalue weighted by Gasteiger charge is -2.18. The molecule has 2 unspecified atom stereocenters. The van der Waals surface area contributed by atoms with Gasteiger partial charge in [-0.2, -0.15) is 0 Å². The second-order valence-corrected chi connectivity index (χ2v) is 5.55. The minimum Gasteiger partial charge on any atom is -0.469 e. The Balaban J connectivity index is 4.34. The molecule has 0 aliphatic heterocycles. The minimum atomic E-state index is -0.427. The van der Waals surface area contributed by atoms with Gasteiger partial charge in [-0.25, -0.2) is 0 Å². The van der Waals surface area contributed by atoms with Crippen LogP contribution in [0.2, 0.25) is 0 Å². The Kier molecular flexibility index (Phi) is 7.33. The van der Waals surface area contributed by atoms with Gasteiger partial charge >= 0.3 is 11.9 Å². The lowest BCUT2D eigenvalue weighted by atomic mass is 10.1. The molecule has 0 aliphatic carbocycles. The van der Waals surface area contributed by atoms with E-state index < -0.39 is 5.44 Å². The highest BCUT2D eigenvalue weighted by molar-refractivity contribution is 8.23. The molecular formula is C10H16O4S2. The van der Waals surface area contributed by atoms with Crippen molar-refractivity contribution in [2.75, 3.05) is 7.11 Å². The maximum atomic E-state index is 11.2. The van der Waals surface area contributed by atoms with E-state index in [0.717, 1.165) is 0 Å². The third kappa shape index (κ3) is 6.79. The molecule has 0 bridgehead atoms. The summed E-state index contributed by atoms with van der Waals surface area (Å²) in [6.45, 7) is 4.80. The van der Waals surface area contributed by atoms with E-state index in [-0.39, 0.29) is 17.9 Å². The summed E-state index contributed by atoms with van der Waals surface area (Å²) in [5, 5.41) is 0. The maximum Gasteiger partial charge on any atom is 0.308 e. The quantitative estimate of drug-likeness (QED) is 0.431. The molecule has 92 valence electrons. The third-order valence-electron chi connectivity index (χ3n) is 1.74. The Labute approximate surface area is 105 Å². The summed E-state index contributed by atoms with van der Waals surface area (Å²) in [6, 6.07) is 0. The fraction of sp³-hybridized carbons (Fsp3) is 0.700. The van der Waals surface area contributed by atoms with Crippen LogP contribution in [0.15, 0.2) is 0 Å². The van der Waals surface area contributed by atoms with Crippen molar-refractivity contribution in [1.82, 2.24) is 0 Å². The number of carbonyl (C=O) groups is 2. The van der Waals surface area contributed by atoms with Crippen LogP contribution >= 0.6 is 24.0 Å². The van der Waals surface area contributed by atoms with Gasteiger partial charge in [0.05, 0.1) is 13.0 Å². The first-order chi connectivity index (χ1) is 7.36. The van der Waals surface area contributed by atoms with Crippen molar-refractivity contribution in [2.24, 2.45) is 5.92 Å². The normalized spacial score (nSPS) is 13.8. The van der Waals surface area contributed by atoms with Crippen LogP contribution in [0.3, 0.4) is 0 Å². The Morgan fingerprint density at radius 2 is 1.94 bits per heavy atom. The zero-order chi connectivity index (χ0) is 12.7. The van der Waals surface area contributed by atoms with Crippen LogP contribution in [0.4, 0.5) is 0 Å². The molecule has 0 aromatic carbocycles. The molecule has 0 radical (unpaired) electrons. The third-order valence-corrected chi connectivity index (χ3v) is 2.92. The molecule has 0 heterocycles. The predicted molar refractivity (Wildman–Crippen MR) is 67.2 cm³/mol. The first-order valence-electron chi connectivity index (χ1n) is 4.79. The molecule has 0 aromatic heterocycles. The molecule has 0 saturated heterocycles. The van der Waals surface area contributed by atoms with Gasteiger partial charge in [-0.05, 0) is 6.92 Å². The SMILES string of the molecule is COC(=O)C(C)CC(OC(C)=O)SC(C)=S. The number of thioether (sulfide) groups is 1. The summed E-state index contributed by atoms with van der Waals surface area (Å²) in [4.78, 5) is 22.1. The molecule has 0 fully saturated rings. The molecule has 2 atom stereocenters. The lowest BCUT2D eigenvalue weighted by Crippen LogP contribution is -2.22. The number of esters is 2. The molecular weight excluding hydrogens is 248 g/mol. The Hall–Kier alpha value is -0.620. The van der Waals surface area contributed by atoms with Crippen LogP contribution in [-0.2, 0) is 19.1 Å². The molecule has 6 heteroatoms. The fourth-order valence-corrected chi connectivity index (χ4v) is 2.34. The van der Waals surface area contributed by atoms with E-state index in [0.29, 0.717) is 10.6 Å². The van der Waals surface area contributed by atoms with Gasteiger partial charge < -0.3 is 9.47 Å². The van der Waals surface area contributed by atoms with E-state index in [2.05, 4.69) is 4.74 Å².